The molecule has 144 valence electrons. The molecule has 0 aliphatic rings. The molecule has 7 heteroatoms. The van der Waals surface area contributed by atoms with E-state index in [0.29, 0.717) is 18.8 Å². The van der Waals surface area contributed by atoms with Gasteiger partial charge in [-0.05, 0) is 54.1 Å². The molecule has 4 aromatic rings. The predicted molar refractivity (Wildman–Crippen MR) is 107 cm³/mol. The molecule has 0 spiro atoms. The number of benzene rings is 1. The predicted octanol–water partition coefficient (Wildman–Crippen LogP) is 3.58. The van der Waals surface area contributed by atoms with Gasteiger partial charge in [-0.3, -0.25) is 19.4 Å². The SMILES string of the molecule is O=C(NCCn1cc(-c2ccncc2)c(-c2ccc(F)cc2)n1)c1ccccn1. The van der Waals surface area contributed by atoms with Crippen molar-refractivity contribution in [2.75, 3.05) is 6.54 Å². The van der Waals surface area contributed by atoms with Crippen LogP contribution in [0.3, 0.4) is 0 Å². The number of hydrogen-bond donors (Lipinski definition) is 1. The first-order valence-corrected chi connectivity index (χ1v) is 9.14. The Balaban J connectivity index is 1.55. The van der Waals surface area contributed by atoms with Crippen LogP contribution in [-0.2, 0) is 6.54 Å². The van der Waals surface area contributed by atoms with Gasteiger partial charge in [-0.2, -0.15) is 5.10 Å². The van der Waals surface area contributed by atoms with Crippen LogP contribution >= 0.6 is 0 Å². The number of nitrogens with zero attached hydrogens (tertiary/aromatic N) is 4. The normalized spacial score (nSPS) is 10.7. The zero-order valence-electron chi connectivity index (χ0n) is 15.5. The Morgan fingerprint density at radius 3 is 2.48 bits per heavy atom. The highest BCUT2D eigenvalue weighted by Crippen LogP contribution is 2.30. The summed E-state index contributed by atoms with van der Waals surface area (Å²) in [5, 5.41) is 7.50. The van der Waals surface area contributed by atoms with Gasteiger partial charge in [0.15, 0.2) is 0 Å². The van der Waals surface area contributed by atoms with Crippen LogP contribution in [0.4, 0.5) is 4.39 Å². The number of aromatic nitrogens is 4. The average molecular weight is 387 g/mol. The molecular formula is C22H18FN5O. The van der Waals surface area contributed by atoms with E-state index in [1.54, 1.807) is 53.6 Å². The van der Waals surface area contributed by atoms with Crippen molar-refractivity contribution in [2.24, 2.45) is 0 Å². The van der Waals surface area contributed by atoms with Crippen LogP contribution in [0, 0.1) is 5.82 Å². The number of amides is 1. The molecule has 0 bridgehead atoms. The van der Waals surface area contributed by atoms with Gasteiger partial charge in [-0.1, -0.05) is 6.07 Å². The van der Waals surface area contributed by atoms with E-state index < -0.39 is 0 Å². The first-order valence-electron chi connectivity index (χ1n) is 9.14. The van der Waals surface area contributed by atoms with Crippen molar-refractivity contribution in [1.29, 1.82) is 0 Å². The molecule has 0 saturated heterocycles. The lowest BCUT2D eigenvalue weighted by atomic mass is 10.0. The third-order valence-electron chi connectivity index (χ3n) is 4.39. The number of nitrogens with one attached hydrogen (secondary N) is 1. The van der Waals surface area contributed by atoms with Crippen LogP contribution in [0.25, 0.3) is 22.4 Å². The summed E-state index contributed by atoms with van der Waals surface area (Å²) in [4.78, 5) is 20.2. The number of carbonyl (C=O) groups excluding carboxylic acids is 1. The van der Waals surface area contributed by atoms with E-state index in [4.69, 9.17) is 0 Å². The Labute approximate surface area is 167 Å². The van der Waals surface area contributed by atoms with Crippen LogP contribution in [0.2, 0.25) is 0 Å². The number of rotatable bonds is 6. The zero-order chi connectivity index (χ0) is 20.1. The monoisotopic (exact) mass is 387 g/mol. The maximum absolute atomic E-state index is 13.3. The fourth-order valence-electron chi connectivity index (χ4n) is 2.97. The van der Waals surface area contributed by atoms with Crippen LogP contribution in [0.1, 0.15) is 10.5 Å². The number of pyridine rings is 2. The summed E-state index contributed by atoms with van der Waals surface area (Å²) >= 11 is 0. The van der Waals surface area contributed by atoms with E-state index in [9.17, 15) is 9.18 Å². The Hall–Kier alpha value is -3.87. The highest BCUT2D eigenvalue weighted by molar-refractivity contribution is 5.92. The molecular weight excluding hydrogens is 369 g/mol. The van der Waals surface area contributed by atoms with E-state index in [1.807, 2.05) is 18.3 Å². The topological polar surface area (TPSA) is 72.7 Å². The lowest BCUT2D eigenvalue weighted by Gasteiger charge is -2.04. The molecule has 3 heterocycles. The molecule has 1 amide bonds. The van der Waals surface area contributed by atoms with Gasteiger partial charge in [-0.15, -0.1) is 0 Å². The second-order valence-electron chi connectivity index (χ2n) is 6.37. The molecule has 29 heavy (non-hydrogen) atoms. The van der Waals surface area contributed by atoms with Crippen LogP contribution < -0.4 is 5.32 Å². The Kier molecular flexibility index (Phi) is 5.38. The van der Waals surface area contributed by atoms with E-state index >= 15 is 0 Å². The van der Waals surface area contributed by atoms with Crippen LogP contribution in [-0.4, -0.2) is 32.2 Å². The molecule has 1 N–H and O–H groups in total. The fourth-order valence-corrected chi connectivity index (χ4v) is 2.97. The van der Waals surface area contributed by atoms with Gasteiger partial charge >= 0.3 is 0 Å². The summed E-state index contributed by atoms with van der Waals surface area (Å²) in [6.07, 6.45) is 6.93. The third kappa shape index (κ3) is 4.35. The molecule has 4 rings (SSSR count). The standard InChI is InChI=1S/C22H18FN5O/c23-18-6-4-17(5-7-18)21-19(16-8-11-24-12-9-16)15-28(27-21)14-13-26-22(29)20-3-1-2-10-25-20/h1-12,15H,13-14H2,(H,26,29). The average Bonchev–Trinajstić information content (AvgIpc) is 3.19. The lowest BCUT2D eigenvalue weighted by molar-refractivity contribution is 0.0947. The lowest BCUT2D eigenvalue weighted by Crippen LogP contribution is -2.28. The minimum atomic E-state index is -0.295. The van der Waals surface area contributed by atoms with Crippen LogP contribution in [0.5, 0.6) is 0 Å². The quantitative estimate of drug-likeness (QED) is 0.549. The number of carbonyl (C=O) groups is 1. The van der Waals surface area contributed by atoms with E-state index in [1.165, 1.54) is 12.1 Å². The first-order chi connectivity index (χ1) is 14.2. The number of hydrogen-bond acceptors (Lipinski definition) is 4. The highest BCUT2D eigenvalue weighted by Gasteiger charge is 2.14. The minimum Gasteiger partial charge on any atom is -0.349 e. The molecule has 0 radical (unpaired) electrons. The zero-order valence-corrected chi connectivity index (χ0v) is 15.5. The molecule has 0 aliphatic heterocycles. The molecule has 6 nitrogen and oxygen atoms in total. The summed E-state index contributed by atoms with van der Waals surface area (Å²) in [6, 6.07) is 15.2. The smallest absolute Gasteiger partial charge is 0.269 e. The molecule has 0 fully saturated rings. The highest BCUT2D eigenvalue weighted by atomic mass is 19.1. The van der Waals surface area contributed by atoms with Gasteiger partial charge in [0, 0.05) is 42.5 Å². The summed E-state index contributed by atoms with van der Waals surface area (Å²) in [7, 11) is 0. The fraction of sp³-hybridized carbons (Fsp3) is 0.0909. The van der Waals surface area contributed by atoms with Gasteiger partial charge in [-0.25, -0.2) is 4.39 Å². The van der Waals surface area contributed by atoms with Gasteiger partial charge in [0.2, 0.25) is 0 Å². The maximum Gasteiger partial charge on any atom is 0.269 e. The van der Waals surface area contributed by atoms with Crippen molar-refractivity contribution in [3.63, 3.8) is 0 Å². The minimum absolute atomic E-state index is 0.231. The number of halogens is 1. The molecule has 0 atom stereocenters. The molecule has 0 saturated carbocycles. The Morgan fingerprint density at radius 1 is 0.966 bits per heavy atom. The van der Waals surface area contributed by atoms with Crippen molar-refractivity contribution in [1.82, 2.24) is 25.1 Å². The second-order valence-corrected chi connectivity index (χ2v) is 6.37. The Bertz CT molecular complexity index is 1100. The van der Waals surface area contributed by atoms with Crippen molar-refractivity contribution < 1.29 is 9.18 Å². The summed E-state index contributed by atoms with van der Waals surface area (Å²) in [5.74, 6) is -0.526. The summed E-state index contributed by atoms with van der Waals surface area (Å²) in [5.41, 5.74) is 3.80. The van der Waals surface area contributed by atoms with E-state index in [-0.39, 0.29) is 11.7 Å². The summed E-state index contributed by atoms with van der Waals surface area (Å²) < 4.78 is 15.1. The van der Waals surface area contributed by atoms with Gasteiger partial charge in [0.25, 0.3) is 5.91 Å². The molecule has 0 aliphatic carbocycles. The van der Waals surface area contributed by atoms with Crippen molar-refractivity contribution >= 4 is 5.91 Å². The third-order valence-corrected chi connectivity index (χ3v) is 4.39. The maximum atomic E-state index is 13.3. The molecule has 0 unspecified atom stereocenters. The van der Waals surface area contributed by atoms with Crippen LogP contribution in [0.15, 0.2) is 79.4 Å². The van der Waals surface area contributed by atoms with Crippen molar-refractivity contribution in [3.8, 4) is 22.4 Å². The van der Waals surface area contributed by atoms with Gasteiger partial charge in [0.05, 0.1) is 6.54 Å². The Morgan fingerprint density at radius 2 is 1.76 bits per heavy atom. The second kappa shape index (κ2) is 8.43. The van der Waals surface area contributed by atoms with Crippen molar-refractivity contribution in [2.45, 2.75) is 6.54 Å². The molecule has 1 aromatic carbocycles. The van der Waals surface area contributed by atoms with E-state index in [0.717, 1.165) is 22.4 Å². The summed E-state index contributed by atoms with van der Waals surface area (Å²) in [6.45, 7) is 0.883. The van der Waals surface area contributed by atoms with Gasteiger partial charge in [0.1, 0.15) is 17.2 Å². The largest absolute Gasteiger partial charge is 0.349 e. The molecule has 3 aromatic heterocycles. The van der Waals surface area contributed by atoms with E-state index in [2.05, 4.69) is 20.4 Å². The van der Waals surface area contributed by atoms with Gasteiger partial charge < -0.3 is 5.32 Å². The first kappa shape index (κ1) is 18.5. The van der Waals surface area contributed by atoms with Crippen molar-refractivity contribution in [3.05, 3.63) is 90.9 Å².